The molecule has 1 aromatic carbocycles. The Labute approximate surface area is 125 Å². The zero-order chi connectivity index (χ0) is 13.8. The zero-order valence-electron chi connectivity index (χ0n) is 12.0. The second kappa shape index (κ2) is 6.53. The molecule has 1 unspecified atom stereocenters. The van der Waals surface area contributed by atoms with Crippen molar-refractivity contribution in [2.45, 2.75) is 25.4 Å². The van der Waals surface area contributed by atoms with Gasteiger partial charge in [0.1, 0.15) is 0 Å². The molecule has 0 aliphatic carbocycles. The lowest BCUT2D eigenvalue weighted by Gasteiger charge is -2.37. The second-order valence-electron chi connectivity index (χ2n) is 5.48. The van der Waals surface area contributed by atoms with E-state index in [0.717, 1.165) is 19.6 Å². The summed E-state index contributed by atoms with van der Waals surface area (Å²) in [6, 6.07) is 13.9. The molecule has 0 fully saturated rings. The standard InChI is InChI=1S/C17H22N2S/c1-18-12-16-11-14-5-2-3-6-15(14)13-19(16)9-8-17-7-4-10-20-17/h2-7,10,16,18H,8-9,11-13H2,1H3. The minimum Gasteiger partial charge on any atom is -0.318 e. The minimum absolute atomic E-state index is 0.620. The van der Waals surface area contributed by atoms with Gasteiger partial charge in [0, 0.05) is 30.6 Å². The maximum absolute atomic E-state index is 3.35. The van der Waals surface area contributed by atoms with Crippen molar-refractivity contribution in [2.24, 2.45) is 0 Å². The van der Waals surface area contributed by atoms with Crippen LogP contribution in [0.25, 0.3) is 0 Å². The molecule has 20 heavy (non-hydrogen) atoms. The number of hydrogen-bond donors (Lipinski definition) is 1. The summed E-state index contributed by atoms with van der Waals surface area (Å²) in [4.78, 5) is 4.13. The number of nitrogens with zero attached hydrogens (tertiary/aromatic N) is 1. The fourth-order valence-corrected chi connectivity index (χ4v) is 3.75. The van der Waals surface area contributed by atoms with Crippen molar-refractivity contribution in [3.05, 3.63) is 57.8 Å². The number of benzene rings is 1. The smallest absolute Gasteiger partial charge is 0.0264 e. The molecule has 3 heteroatoms. The van der Waals surface area contributed by atoms with E-state index >= 15 is 0 Å². The molecule has 0 saturated heterocycles. The fourth-order valence-electron chi connectivity index (χ4n) is 3.05. The van der Waals surface area contributed by atoms with Gasteiger partial charge < -0.3 is 5.32 Å². The Hall–Kier alpha value is -1.16. The highest BCUT2D eigenvalue weighted by molar-refractivity contribution is 7.09. The molecule has 1 aliphatic heterocycles. The molecule has 3 rings (SSSR count). The molecule has 1 aliphatic rings. The lowest BCUT2D eigenvalue weighted by molar-refractivity contribution is 0.172. The Kier molecular flexibility index (Phi) is 4.51. The third-order valence-corrected chi connectivity index (χ3v) is 5.07. The largest absolute Gasteiger partial charge is 0.318 e. The predicted molar refractivity (Wildman–Crippen MR) is 86.3 cm³/mol. The van der Waals surface area contributed by atoms with Crippen LogP contribution in [0.3, 0.4) is 0 Å². The van der Waals surface area contributed by atoms with Crippen molar-refractivity contribution >= 4 is 11.3 Å². The van der Waals surface area contributed by atoms with Gasteiger partial charge >= 0.3 is 0 Å². The van der Waals surface area contributed by atoms with E-state index in [4.69, 9.17) is 0 Å². The number of fused-ring (bicyclic) bond motifs is 1. The molecule has 0 radical (unpaired) electrons. The third kappa shape index (κ3) is 3.11. The maximum Gasteiger partial charge on any atom is 0.0264 e. The van der Waals surface area contributed by atoms with Crippen molar-refractivity contribution in [3.63, 3.8) is 0 Å². The Morgan fingerprint density at radius 3 is 2.80 bits per heavy atom. The first-order valence-corrected chi connectivity index (χ1v) is 8.22. The highest BCUT2D eigenvalue weighted by Crippen LogP contribution is 2.23. The summed E-state index contributed by atoms with van der Waals surface area (Å²) >= 11 is 1.87. The van der Waals surface area contributed by atoms with E-state index in [9.17, 15) is 0 Å². The van der Waals surface area contributed by atoms with E-state index in [-0.39, 0.29) is 0 Å². The first-order valence-electron chi connectivity index (χ1n) is 7.34. The van der Waals surface area contributed by atoms with Crippen LogP contribution in [0.1, 0.15) is 16.0 Å². The highest BCUT2D eigenvalue weighted by atomic mass is 32.1. The van der Waals surface area contributed by atoms with Gasteiger partial charge in [-0.3, -0.25) is 4.90 Å². The molecule has 106 valence electrons. The Balaban J connectivity index is 1.70. The lowest BCUT2D eigenvalue weighted by atomic mass is 9.93. The number of rotatable bonds is 5. The van der Waals surface area contributed by atoms with Crippen LogP contribution in [0.15, 0.2) is 41.8 Å². The van der Waals surface area contributed by atoms with Crippen molar-refractivity contribution in [1.29, 1.82) is 0 Å². The van der Waals surface area contributed by atoms with E-state index in [1.54, 1.807) is 0 Å². The minimum atomic E-state index is 0.620. The van der Waals surface area contributed by atoms with Gasteiger partial charge in [0.05, 0.1) is 0 Å². The molecule has 1 N–H and O–H groups in total. The fraction of sp³-hybridized carbons (Fsp3) is 0.412. The van der Waals surface area contributed by atoms with Crippen LogP contribution in [0.5, 0.6) is 0 Å². The van der Waals surface area contributed by atoms with Crippen molar-refractivity contribution in [1.82, 2.24) is 10.2 Å². The molecule has 0 saturated carbocycles. The number of thiophene rings is 1. The van der Waals surface area contributed by atoms with Gasteiger partial charge in [-0.15, -0.1) is 11.3 Å². The van der Waals surface area contributed by atoms with Crippen LogP contribution in [-0.2, 0) is 19.4 Å². The second-order valence-corrected chi connectivity index (χ2v) is 6.52. The summed E-state index contributed by atoms with van der Waals surface area (Å²) in [5.41, 5.74) is 3.03. The number of likely N-dealkylation sites (N-methyl/N-ethyl adjacent to an activating group) is 1. The zero-order valence-corrected chi connectivity index (χ0v) is 12.8. The SMILES string of the molecule is CNCC1Cc2ccccc2CN1CCc1cccs1. The number of hydrogen-bond acceptors (Lipinski definition) is 3. The quantitative estimate of drug-likeness (QED) is 0.909. The topological polar surface area (TPSA) is 15.3 Å². The molecule has 0 amide bonds. The summed E-state index contributed by atoms with van der Waals surface area (Å²) in [6.45, 7) is 3.31. The average molecular weight is 286 g/mol. The van der Waals surface area contributed by atoms with Gasteiger partial charge in [-0.05, 0) is 42.5 Å². The van der Waals surface area contributed by atoms with Gasteiger partial charge in [-0.1, -0.05) is 30.3 Å². The molecular formula is C17H22N2S. The van der Waals surface area contributed by atoms with E-state index in [1.807, 2.05) is 11.3 Å². The van der Waals surface area contributed by atoms with Gasteiger partial charge in [0.25, 0.3) is 0 Å². The average Bonchev–Trinajstić information content (AvgIpc) is 2.98. The van der Waals surface area contributed by atoms with E-state index < -0.39 is 0 Å². The number of nitrogens with one attached hydrogen (secondary N) is 1. The van der Waals surface area contributed by atoms with Crippen molar-refractivity contribution in [3.8, 4) is 0 Å². The summed E-state index contributed by atoms with van der Waals surface area (Å²) in [5.74, 6) is 0. The molecule has 0 bridgehead atoms. The third-order valence-electron chi connectivity index (χ3n) is 4.13. The normalized spacial score (nSPS) is 18.9. The van der Waals surface area contributed by atoms with Crippen LogP contribution < -0.4 is 5.32 Å². The Bertz CT molecular complexity index is 536. The Morgan fingerprint density at radius 2 is 2.05 bits per heavy atom. The predicted octanol–water partition coefficient (Wildman–Crippen LogP) is 2.94. The summed E-state index contributed by atoms with van der Waals surface area (Å²) in [6.07, 6.45) is 2.33. The van der Waals surface area contributed by atoms with Crippen LogP contribution in [0, 0.1) is 0 Å². The van der Waals surface area contributed by atoms with E-state index in [0.29, 0.717) is 6.04 Å². The molecule has 2 nitrogen and oxygen atoms in total. The molecule has 1 atom stereocenters. The summed E-state index contributed by atoms with van der Waals surface area (Å²) in [7, 11) is 2.05. The van der Waals surface area contributed by atoms with Crippen LogP contribution in [0.4, 0.5) is 0 Å². The molecular weight excluding hydrogens is 264 g/mol. The maximum atomic E-state index is 3.35. The van der Waals surface area contributed by atoms with Crippen LogP contribution in [0.2, 0.25) is 0 Å². The van der Waals surface area contributed by atoms with Gasteiger partial charge in [-0.25, -0.2) is 0 Å². The molecule has 2 aromatic rings. The first-order chi connectivity index (χ1) is 9.86. The van der Waals surface area contributed by atoms with Gasteiger partial charge in [0.15, 0.2) is 0 Å². The van der Waals surface area contributed by atoms with Crippen LogP contribution >= 0.6 is 11.3 Å². The van der Waals surface area contributed by atoms with Gasteiger partial charge in [-0.2, -0.15) is 0 Å². The Morgan fingerprint density at radius 1 is 1.20 bits per heavy atom. The lowest BCUT2D eigenvalue weighted by Crippen LogP contribution is -2.46. The highest BCUT2D eigenvalue weighted by Gasteiger charge is 2.24. The summed E-state index contributed by atoms with van der Waals surface area (Å²) in [5, 5.41) is 5.52. The van der Waals surface area contributed by atoms with E-state index in [2.05, 4.69) is 59.0 Å². The van der Waals surface area contributed by atoms with Gasteiger partial charge in [0.2, 0.25) is 0 Å². The monoisotopic (exact) mass is 286 g/mol. The van der Waals surface area contributed by atoms with Crippen molar-refractivity contribution < 1.29 is 0 Å². The molecule has 0 spiro atoms. The van der Waals surface area contributed by atoms with E-state index in [1.165, 1.54) is 28.8 Å². The first kappa shape index (κ1) is 13.8. The molecule has 1 aromatic heterocycles. The summed E-state index contributed by atoms with van der Waals surface area (Å²) < 4.78 is 0. The molecule has 2 heterocycles. The van der Waals surface area contributed by atoms with Crippen molar-refractivity contribution in [2.75, 3.05) is 20.1 Å². The van der Waals surface area contributed by atoms with Crippen LogP contribution in [-0.4, -0.2) is 31.1 Å².